The number of benzene rings is 1. The van der Waals surface area contributed by atoms with E-state index in [1.54, 1.807) is 48.0 Å². The van der Waals surface area contributed by atoms with Crippen molar-refractivity contribution in [2.24, 2.45) is 0 Å². The van der Waals surface area contributed by atoms with Crippen LogP contribution < -0.4 is 10.1 Å². The second-order valence-electron chi connectivity index (χ2n) is 6.72. The fourth-order valence-corrected chi connectivity index (χ4v) is 4.57. The standard InChI is InChI=1S/C19H27N3O3S/c1-25-16-7-5-6-15(12-16)19(24)22-14-26-13-17(22)18(23)20-8-11-21-9-3-2-4-10-21/h5-7,12,17H,2-4,8-11,13-14H2,1H3,(H,20,23). The number of amides is 2. The van der Waals surface area contributed by atoms with Crippen LogP contribution in [0.1, 0.15) is 29.6 Å². The Morgan fingerprint density at radius 2 is 2.08 bits per heavy atom. The van der Waals surface area contributed by atoms with Gasteiger partial charge in [-0.25, -0.2) is 0 Å². The highest BCUT2D eigenvalue weighted by Crippen LogP contribution is 2.24. The normalized spacial score (nSPS) is 20.8. The molecule has 2 amide bonds. The van der Waals surface area contributed by atoms with Crippen molar-refractivity contribution in [3.05, 3.63) is 29.8 Å². The molecule has 2 saturated heterocycles. The van der Waals surface area contributed by atoms with Gasteiger partial charge in [-0.3, -0.25) is 9.59 Å². The molecule has 0 aromatic heterocycles. The molecule has 3 rings (SSSR count). The molecule has 0 bridgehead atoms. The largest absolute Gasteiger partial charge is 0.497 e. The third-order valence-electron chi connectivity index (χ3n) is 4.94. The van der Waals surface area contributed by atoms with Gasteiger partial charge in [0.25, 0.3) is 5.91 Å². The molecule has 0 spiro atoms. The first-order valence-electron chi connectivity index (χ1n) is 9.22. The predicted octanol–water partition coefficient (Wildman–Crippen LogP) is 1.81. The van der Waals surface area contributed by atoms with Crippen molar-refractivity contribution in [2.45, 2.75) is 25.3 Å². The van der Waals surface area contributed by atoms with Crippen LogP contribution in [-0.2, 0) is 4.79 Å². The van der Waals surface area contributed by atoms with Crippen LogP contribution in [0.5, 0.6) is 5.75 Å². The van der Waals surface area contributed by atoms with Gasteiger partial charge in [0.1, 0.15) is 11.8 Å². The number of nitrogens with zero attached hydrogens (tertiary/aromatic N) is 2. The number of hydrogen-bond donors (Lipinski definition) is 1. The number of methoxy groups -OCH3 is 1. The maximum absolute atomic E-state index is 12.8. The fourth-order valence-electron chi connectivity index (χ4n) is 3.42. The van der Waals surface area contributed by atoms with E-state index in [9.17, 15) is 9.59 Å². The minimum absolute atomic E-state index is 0.0525. The van der Waals surface area contributed by atoms with Crippen molar-refractivity contribution in [1.82, 2.24) is 15.1 Å². The van der Waals surface area contributed by atoms with Crippen LogP contribution in [-0.4, -0.2) is 72.6 Å². The minimum atomic E-state index is -0.403. The van der Waals surface area contributed by atoms with Gasteiger partial charge in [-0.1, -0.05) is 12.5 Å². The van der Waals surface area contributed by atoms with Crippen LogP contribution in [0.4, 0.5) is 0 Å². The topological polar surface area (TPSA) is 61.9 Å². The van der Waals surface area contributed by atoms with Gasteiger partial charge in [0.2, 0.25) is 5.91 Å². The van der Waals surface area contributed by atoms with Crippen molar-refractivity contribution < 1.29 is 14.3 Å². The van der Waals surface area contributed by atoms with E-state index in [2.05, 4.69) is 10.2 Å². The second kappa shape index (κ2) is 9.28. The third kappa shape index (κ3) is 4.71. The number of rotatable bonds is 6. The first kappa shape index (κ1) is 19.0. The average Bonchev–Trinajstić information content (AvgIpc) is 3.18. The Hall–Kier alpha value is -1.73. The number of likely N-dealkylation sites (tertiary alicyclic amines) is 1. The van der Waals surface area contributed by atoms with Crippen molar-refractivity contribution in [3.8, 4) is 5.75 Å². The molecular weight excluding hydrogens is 350 g/mol. The maximum atomic E-state index is 12.8. The number of hydrogen-bond acceptors (Lipinski definition) is 5. The Kier molecular flexibility index (Phi) is 6.80. The molecule has 2 fully saturated rings. The lowest BCUT2D eigenvalue weighted by molar-refractivity contribution is -0.124. The van der Waals surface area contributed by atoms with Crippen molar-refractivity contribution in [3.63, 3.8) is 0 Å². The average molecular weight is 378 g/mol. The van der Waals surface area contributed by atoms with Crippen LogP contribution in [0, 0.1) is 0 Å². The first-order valence-corrected chi connectivity index (χ1v) is 10.4. The van der Waals surface area contributed by atoms with E-state index in [0.29, 0.717) is 29.5 Å². The predicted molar refractivity (Wildman–Crippen MR) is 104 cm³/mol. The molecule has 6 nitrogen and oxygen atoms in total. The summed E-state index contributed by atoms with van der Waals surface area (Å²) in [4.78, 5) is 29.5. The van der Waals surface area contributed by atoms with Crippen LogP contribution in [0.2, 0.25) is 0 Å². The van der Waals surface area contributed by atoms with Crippen molar-refractivity contribution >= 4 is 23.6 Å². The van der Waals surface area contributed by atoms with Crippen LogP contribution in [0.3, 0.4) is 0 Å². The summed E-state index contributed by atoms with van der Waals surface area (Å²) in [5.41, 5.74) is 0.554. The van der Waals surface area contributed by atoms with E-state index >= 15 is 0 Å². The molecule has 0 aliphatic carbocycles. The number of piperidine rings is 1. The van der Waals surface area contributed by atoms with Gasteiger partial charge >= 0.3 is 0 Å². The maximum Gasteiger partial charge on any atom is 0.255 e. The monoisotopic (exact) mass is 377 g/mol. The van der Waals surface area contributed by atoms with Gasteiger partial charge in [0.05, 0.1) is 13.0 Å². The molecular formula is C19H27N3O3S. The molecule has 1 aromatic rings. The van der Waals surface area contributed by atoms with E-state index in [1.807, 2.05) is 0 Å². The van der Waals surface area contributed by atoms with Gasteiger partial charge in [-0.05, 0) is 44.1 Å². The van der Waals surface area contributed by atoms with E-state index in [4.69, 9.17) is 4.74 Å². The van der Waals surface area contributed by atoms with E-state index < -0.39 is 6.04 Å². The summed E-state index contributed by atoms with van der Waals surface area (Å²) in [7, 11) is 1.58. The number of carbonyl (C=O) groups is 2. The Bertz CT molecular complexity index is 634. The number of thioether (sulfide) groups is 1. The van der Waals surface area contributed by atoms with Crippen molar-refractivity contribution in [2.75, 3.05) is 44.9 Å². The number of nitrogens with one attached hydrogen (secondary N) is 1. The molecule has 0 radical (unpaired) electrons. The minimum Gasteiger partial charge on any atom is -0.497 e. The summed E-state index contributed by atoms with van der Waals surface area (Å²) in [6.07, 6.45) is 3.80. The molecule has 1 atom stereocenters. The molecule has 0 saturated carbocycles. The lowest BCUT2D eigenvalue weighted by Gasteiger charge is -2.27. The molecule has 7 heteroatoms. The van der Waals surface area contributed by atoms with Crippen LogP contribution in [0.15, 0.2) is 24.3 Å². The molecule has 1 unspecified atom stereocenters. The van der Waals surface area contributed by atoms with Gasteiger partial charge in [-0.2, -0.15) is 0 Å². The highest BCUT2D eigenvalue weighted by atomic mass is 32.2. The van der Waals surface area contributed by atoms with E-state index in [1.165, 1.54) is 19.3 Å². The van der Waals surface area contributed by atoms with E-state index in [-0.39, 0.29) is 11.8 Å². The Labute approximate surface area is 159 Å². The Morgan fingerprint density at radius 1 is 1.27 bits per heavy atom. The quantitative estimate of drug-likeness (QED) is 0.819. The SMILES string of the molecule is COc1cccc(C(=O)N2CSCC2C(=O)NCCN2CCCCC2)c1. The summed E-state index contributed by atoms with van der Waals surface area (Å²) in [5, 5.41) is 3.02. The van der Waals surface area contributed by atoms with Crippen LogP contribution >= 0.6 is 11.8 Å². The summed E-state index contributed by atoms with van der Waals surface area (Å²) in [6.45, 7) is 3.77. The first-order chi connectivity index (χ1) is 12.7. The zero-order valence-corrected chi connectivity index (χ0v) is 16.1. The smallest absolute Gasteiger partial charge is 0.255 e. The molecule has 2 aliphatic heterocycles. The molecule has 26 heavy (non-hydrogen) atoms. The zero-order valence-electron chi connectivity index (χ0n) is 15.3. The fraction of sp³-hybridized carbons (Fsp3) is 0.579. The third-order valence-corrected chi connectivity index (χ3v) is 5.95. The Balaban J connectivity index is 1.54. The molecule has 2 aliphatic rings. The number of ether oxygens (including phenoxy) is 1. The Morgan fingerprint density at radius 3 is 2.85 bits per heavy atom. The summed E-state index contributed by atoms with van der Waals surface area (Å²) < 4.78 is 5.19. The summed E-state index contributed by atoms with van der Waals surface area (Å²) in [5.74, 6) is 1.66. The molecule has 1 aromatic carbocycles. The highest BCUT2D eigenvalue weighted by molar-refractivity contribution is 7.99. The second-order valence-corrected chi connectivity index (χ2v) is 7.72. The molecule has 2 heterocycles. The van der Waals surface area contributed by atoms with Gasteiger partial charge in [-0.15, -0.1) is 11.8 Å². The van der Waals surface area contributed by atoms with Gasteiger partial charge in [0.15, 0.2) is 0 Å². The van der Waals surface area contributed by atoms with Crippen LogP contribution in [0.25, 0.3) is 0 Å². The van der Waals surface area contributed by atoms with Gasteiger partial charge < -0.3 is 19.9 Å². The molecule has 1 N–H and O–H groups in total. The van der Waals surface area contributed by atoms with Gasteiger partial charge in [0, 0.05) is 24.4 Å². The lowest BCUT2D eigenvalue weighted by atomic mass is 10.1. The van der Waals surface area contributed by atoms with E-state index in [0.717, 1.165) is 19.6 Å². The number of carbonyl (C=O) groups excluding carboxylic acids is 2. The highest BCUT2D eigenvalue weighted by Gasteiger charge is 2.35. The summed E-state index contributed by atoms with van der Waals surface area (Å²) >= 11 is 1.62. The molecule has 142 valence electrons. The lowest BCUT2D eigenvalue weighted by Crippen LogP contribution is -2.48. The summed E-state index contributed by atoms with van der Waals surface area (Å²) in [6, 6.07) is 6.68. The van der Waals surface area contributed by atoms with Crippen molar-refractivity contribution in [1.29, 1.82) is 0 Å². The zero-order chi connectivity index (χ0) is 18.4.